The second kappa shape index (κ2) is 7.70. The highest BCUT2D eigenvalue weighted by Crippen LogP contribution is 2.23. The lowest BCUT2D eigenvalue weighted by Gasteiger charge is -2.08. The molecule has 2 N–H and O–H groups in total. The first-order chi connectivity index (χ1) is 11.0. The molecule has 11 heteroatoms. The Kier molecular flexibility index (Phi) is 5.66. The van der Waals surface area contributed by atoms with Gasteiger partial charge in [-0.2, -0.15) is 10.1 Å². The Morgan fingerprint density at radius 2 is 2.00 bits per heavy atom. The first-order valence-electron chi connectivity index (χ1n) is 6.54. The minimum absolute atomic E-state index is 0.0486. The number of halogens is 1. The van der Waals surface area contributed by atoms with Crippen LogP contribution >= 0.6 is 11.6 Å². The number of carbonyl (C=O) groups excluding carboxylic acids is 2. The van der Waals surface area contributed by atoms with Crippen molar-refractivity contribution in [2.45, 2.75) is 13.0 Å². The molecule has 0 aromatic carbocycles. The summed E-state index contributed by atoms with van der Waals surface area (Å²) in [5.74, 6) is -0.562. The third kappa shape index (κ3) is 4.27. The van der Waals surface area contributed by atoms with E-state index in [1.807, 2.05) is 0 Å². The summed E-state index contributed by atoms with van der Waals surface area (Å²) >= 11 is 5.78. The van der Waals surface area contributed by atoms with E-state index in [4.69, 9.17) is 16.3 Å². The number of amides is 2. The topological polar surface area (TPSA) is 120 Å². The number of fused-ring (bicyclic) bond motifs is 1. The Labute approximate surface area is 136 Å². The summed E-state index contributed by atoms with van der Waals surface area (Å²) in [6.07, 6.45) is 1.58. The molecule has 0 bridgehead atoms. The standard InChI is InChI=1S/C12H15ClN6O4/c1-22-6-9(21)18-17-8(20)3-4-19-10-7(5-14-19)15-12(13)16-11(10)23-2/h5H,3-4,6H2,1-2H3,(H,17,20)(H,18,21). The summed E-state index contributed by atoms with van der Waals surface area (Å²) in [5.41, 5.74) is 5.54. The zero-order chi connectivity index (χ0) is 16.8. The van der Waals surface area contributed by atoms with E-state index in [0.29, 0.717) is 11.0 Å². The lowest BCUT2D eigenvalue weighted by Crippen LogP contribution is -2.43. The highest BCUT2D eigenvalue weighted by molar-refractivity contribution is 6.28. The molecule has 0 saturated heterocycles. The van der Waals surface area contributed by atoms with Crippen LogP contribution in [0.15, 0.2) is 6.20 Å². The number of hydrogen-bond acceptors (Lipinski definition) is 7. The summed E-state index contributed by atoms with van der Waals surface area (Å²) in [6.45, 7) is 0.107. The third-order valence-corrected chi connectivity index (χ3v) is 2.96. The molecule has 10 nitrogen and oxygen atoms in total. The first-order valence-corrected chi connectivity index (χ1v) is 6.92. The van der Waals surface area contributed by atoms with E-state index in [9.17, 15) is 9.59 Å². The Morgan fingerprint density at radius 1 is 1.26 bits per heavy atom. The van der Waals surface area contributed by atoms with Gasteiger partial charge in [0.25, 0.3) is 5.91 Å². The van der Waals surface area contributed by atoms with Crippen molar-refractivity contribution in [2.24, 2.45) is 0 Å². The van der Waals surface area contributed by atoms with Crippen LogP contribution in [0.2, 0.25) is 5.28 Å². The van der Waals surface area contributed by atoms with Crippen molar-refractivity contribution in [2.75, 3.05) is 20.8 Å². The van der Waals surface area contributed by atoms with Crippen LogP contribution in [0.5, 0.6) is 5.88 Å². The van der Waals surface area contributed by atoms with Crippen LogP contribution < -0.4 is 15.6 Å². The van der Waals surface area contributed by atoms with E-state index in [1.54, 1.807) is 0 Å². The molecular weight excluding hydrogens is 328 g/mol. The Hall–Kier alpha value is -2.46. The Balaban J connectivity index is 2.00. The monoisotopic (exact) mass is 342 g/mol. The molecule has 0 atom stereocenters. The van der Waals surface area contributed by atoms with Gasteiger partial charge in [-0.1, -0.05) is 0 Å². The van der Waals surface area contributed by atoms with Gasteiger partial charge in [0, 0.05) is 13.5 Å². The number of aromatic nitrogens is 4. The molecule has 2 aromatic rings. The van der Waals surface area contributed by atoms with Crippen molar-refractivity contribution in [1.29, 1.82) is 0 Å². The molecular formula is C12H15ClN6O4. The maximum Gasteiger partial charge on any atom is 0.264 e. The normalized spacial score (nSPS) is 10.6. The molecule has 0 aliphatic rings. The van der Waals surface area contributed by atoms with Gasteiger partial charge in [-0.15, -0.1) is 0 Å². The van der Waals surface area contributed by atoms with Gasteiger partial charge in [-0.25, -0.2) is 4.98 Å². The van der Waals surface area contributed by atoms with Gasteiger partial charge < -0.3 is 9.47 Å². The van der Waals surface area contributed by atoms with E-state index in [0.717, 1.165) is 0 Å². The minimum atomic E-state index is -0.449. The number of methoxy groups -OCH3 is 2. The van der Waals surface area contributed by atoms with Crippen LogP contribution in [0.1, 0.15) is 6.42 Å². The van der Waals surface area contributed by atoms with Gasteiger partial charge in [0.2, 0.25) is 17.1 Å². The molecule has 0 unspecified atom stereocenters. The van der Waals surface area contributed by atoms with E-state index in [1.165, 1.54) is 25.1 Å². The maximum atomic E-state index is 11.7. The SMILES string of the molecule is COCC(=O)NNC(=O)CCn1ncc2nc(Cl)nc(OC)c21. The van der Waals surface area contributed by atoms with Crippen molar-refractivity contribution in [3.05, 3.63) is 11.5 Å². The molecule has 0 radical (unpaired) electrons. The van der Waals surface area contributed by atoms with Gasteiger partial charge in [0.15, 0.2) is 0 Å². The number of ether oxygens (including phenoxy) is 2. The van der Waals surface area contributed by atoms with Gasteiger partial charge in [-0.3, -0.25) is 25.1 Å². The fourth-order valence-corrected chi connectivity index (χ4v) is 1.99. The van der Waals surface area contributed by atoms with Crippen molar-refractivity contribution in [3.63, 3.8) is 0 Å². The molecule has 23 heavy (non-hydrogen) atoms. The highest BCUT2D eigenvalue weighted by atomic mass is 35.5. The molecule has 2 heterocycles. The fraction of sp³-hybridized carbons (Fsp3) is 0.417. The Morgan fingerprint density at radius 3 is 2.70 bits per heavy atom. The summed E-state index contributed by atoms with van der Waals surface area (Å²) in [4.78, 5) is 30.8. The predicted molar refractivity (Wildman–Crippen MR) is 79.7 cm³/mol. The molecule has 2 aromatic heterocycles. The van der Waals surface area contributed by atoms with Crippen LogP contribution in [0.3, 0.4) is 0 Å². The van der Waals surface area contributed by atoms with E-state index in [-0.39, 0.29) is 36.6 Å². The summed E-state index contributed by atoms with van der Waals surface area (Å²) in [6, 6.07) is 0. The molecule has 2 amide bonds. The summed E-state index contributed by atoms with van der Waals surface area (Å²) < 4.78 is 11.3. The second-order valence-corrected chi connectivity index (χ2v) is 4.72. The van der Waals surface area contributed by atoms with Gasteiger partial charge in [0.05, 0.1) is 19.9 Å². The zero-order valence-electron chi connectivity index (χ0n) is 12.5. The lowest BCUT2D eigenvalue weighted by molar-refractivity contribution is -0.131. The number of hydrazine groups is 1. The quantitative estimate of drug-likeness (QED) is 0.544. The molecule has 124 valence electrons. The number of hydrogen-bond donors (Lipinski definition) is 2. The van der Waals surface area contributed by atoms with Gasteiger partial charge >= 0.3 is 0 Å². The van der Waals surface area contributed by atoms with Crippen LogP contribution in [-0.4, -0.2) is 52.4 Å². The van der Waals surface area contributed by atoms with Crippen molar-refractivity contribution in [1.82, 2.24) is 30.6 Å². The van der Waals surface area contributed by atoms with Crippen LogP contribution in [0, 0.1) is 0 Å². The zero-order valence-corrected chi connectivity index (χ0v) is 13.3. The molecule has 0 saturated carbocycles. The largest absolute Gasteiger partial charge is 0.479 e. The Bertz CT molecular complexity index is 719. The molecule has 2 rings (SSSR count). The third-order valence-electron chi connectivity index (χ3n) is 2.79. The second-order valence-electron chi connectivity index (χ2n) is 4.38. The van der Waals surface area contributed by atoms with Gasteiger partial charge in [-0.05, 0) is 11.6 Å². The highest BCUT2D eigenvalue weighted by Gasteiger charge is 2.14. The average molecular weight is 343 g/mol. The van der Waals surface area contributed by atoms with Crippen LogP contribution in [0.25, 0.3) is 11.0 Å². The first kappa shape index (κ1) is 16.9. The van der Waals surface area contributed by atoms with E-state index in [2.05, 4.69) is 30.7 Å². The van der Waals surface area contributed by atoms with E-state index >= 15 is 0 Å². The van der Waals surface area contributed by atoms with E-state index < -0.39 is 5.91 Å². The molecule has 0 fully saturated rings. The van der Waals surface area contributed by atoms with Crippen molar-refractivity contribution < 1.29 is 19.1 Å². The predicted octanol–water partition coefficient (Wildman–Crippen LogP) is -0.328. The van der Waals surface area contributed by atoms with Crippen molar-refractivity contribution >= 4 is 34.4 Å². The molecule has 0 aliphatic heterocycles. The number of rotatable bonds is 6. The number of carbonyl (C=O) groups is 2. The summed E-state index contributed by atoms with van der Waals surface area (Å²) in [7, 11) is 2.83. The fourth-order valence-electron chi connectivity index (χ4n) is 1.83. The maximum absolute atomic E-state index is 11.7. The minimum Gasteiger partial charge on any atom is -0.479 e. The average Bonchev–Trinajstić information content (AvgIpc) is 2.93. The van der Waals surface area contributed by atoms with Crippen molar-refractivity contribution in [3.8, 4) is 5.88 Å². The molecule has 0 spiro atoms. The summed E-state index contributed by atoms with van der Waals surface area (Å²) in [5, 5.41) is 4.18. The van der Waals surface area contributed by atoms with Gasteiger partial charge in [0.1, 0.15) is 17.6 Å². The smallest absolute Gasteiger partial charge is 0.264 e. The van der Waals surface area contributed by atoms with Crippen LogP contribution in [0.4, 0.5) is 0 Å². The number of nitrogens with one attached hydrogen (secondary N) is 2. The molecule has 0 aliphatic carbocycles. The number of nitrogens with zero attached hydrogens (tertiary/aromatic N) is 4. The van der Waals surface area contributed by atoms with Crippen LogP contribution in [-0.2, 0) is 20.9 Å². The lowest BCUT2D eigenvalue weighted by atomic mass is 10.4. The number of aryl methyl sites for hydroxylation is 1.